The number of anilines is 2. The molecule has 0 unspecified atom stereocenters. The molecule has 2 aliphatic heterocycles. The van der Waals surface area contributed by atoms with E-state index in [2.05, 4.69) is 20.6 Å². The number of hydrogen-bond donors (Lipinski definition) is 3. The number of fused-ring (bicyclic) bond motifs is 1. The first-order chi connectivity index (χ1) is 19.2. The van der Waals surface area contributed by atoms with E-state index in [9.17, 15) is 9.59 Å². The van der Waals surface area contributed by atoms with Crippen molar-refractivity contribution >= 4 is 35.0 Å². The van der Waals surface area contributed by atoms with Crippen LogP contribution in [-0.4, -0.2) is 58.2 Å². The number of nitrogens with one attached hydrogen (secondary N) is 3. The molecule has 0 spiro atoms. The number of carbonyl (C=O) groups is 2. The summed E-state index contributed by atoms with van der Waals surface area (Å²) in [6.45, 7) is 9.13. The van der Waals surface area contributed by atoms with Crippen LogP contribution in [0.1, 0.15) is 62.2 Å². The quantitative estimate of drug-likeness (QED) is 0.319. The Morgan fingerprint density at radius 2 is 2.10 bits per heavy atom. The fourth-order valence-corrected chi connectivity index (χ4v) is 5.64. The molecule has 2 aliphatic rings. The Hall–Kier alpha value is -3.72. The van der Waals surface area contributed by atoms with Gasteiger partial charge in [0.25, 0.3) is 5.91 Å². The Morgan fingerprint density at radius 1 is 1.27 bits per heavy atom. The normalized spacial score (nSPS) is 16.9. The number of nitrogens with zero attached hydrogens (tertiary/aromatic N) is 2. The van der Waals surface area contributed by atoms with E-state index in [4.69, 9.17) is 21.1 Å². The van der Waals surface area contributed by atoms with Crippen molar-refractivity contribution in [2.24, 2.45) is 0 Å². The molecule has 2 aromatic heterocycles. The molecule has 212 valence electrons. The molecule has 0 bridgehead atoms. The van der Waals surface area contributed by atoms with Crippen LogP contribution in [-0.2, 0) is 17.6 Å². The van der Waals surface area contributed by atoms with Crippen LogP contribution < -0.4 is 15.4 Å². The van der Waals surface area contributed by atoms with Crippen LogP contribution in [0.4, 0.5) is 16.2 Å². The Bertz CT molecular complexity index is 1410. The zero-order valence-electron chi connectivity index (χ0n) is 23.4. The monoisotopic (exact) mass is 565 g/mol. The molecule has 3 aromatic rings. The van der Waals surface area contributed by atoms with Gasteiger partial charge in [-0.1, -0.05) is 24.6 Å². The fraction of sp³-hybridized carbons (Fsp3) is 0.433. The molecular formula is C30H36ClN5O4. The van der Waals surface area contributed by atoms with Gasteiger partial charge in [-0.2, -0.15) is 0 Å². The first-order valence-electron chi connectivity index (χ1n) is 13.8. The van der Waals surface area contributed by atoms with E-state index in [0.29, 0.717) is 48.1 Å². The third-order valence-electron chi connectivity index (χ3n) is 7.19. The second-order valence-electron chi connectivity index (χ2n) is 11.1. The van der Waals surface area contributed by atoms with Crippen LogP contribution in [0.25, 0.3) is 11.3 Å². The summed E-state index contributed by atoms with van der Waals surface area (Å²) in [6, 6.07) is 7.48. The Labute approximate surface area is 239 Å². The van der Waals surface area contributed by atoms with Gasteiger partial charge in [0.05, 0.1) is 29.2 Å². The number of ether oxygens (including phenoxy) is 2. The molecule has 1 saturated heterocycles. The number of halogens is 1. The highest BCUT2D eigenvalue weighted by molar-refractivity contribution is 6.31. The predicted molar refractivity (Wildman–Crippen MR) is 156 cm³/mol. The molecule has 1 aromatic carbocycles. The van der Waals surface area contributed by atoms with Gasteiger partial charge in [-0.3, -0.25) is 9.78 Å². The summed E-state index contributed by atoms with van der Waals surface area (Å²) in [5.41, 5.74) is 4.84. The zero-order valence-corrected chi connectivity index (χ0v) is 24.2. The number of rotatable bonds is 7. The molecular weight excluding hydrogens is 530 g/mol. The van der Waals surface area contributed by atoms with Crippen LogP contribution in [0.2, 0.25) is 5.02 Å². The lowest BCUT2D eigenvalue weighted by molar-refractivity contribution is 0.0187. The maximum absolute atomic E-state index is 13.1. The summed E-state index contributed by atoms with van der Waals surface area (Å²) in [7, 11) is 0. The molecule has 5 rings (SSSR count). The second-order valence-corrected chi connectivity index (χ2v) is 11.5. The van der Waals surface area contributed by atoms with Crippen molar-refractivity contribution in [1.82, 2.24) is 20.2 Å². The summed E-state index contributed by atoms with van der Waals surface area (Å²) in [5, 5.41) is 7.14. The summed E-state index contributed by atoms with van der Waals surface area (Å²) in [4.78, 5) is 35.4. The molecule has 10 heteroatoms. The van der Waals surface area contributed by atoms with E-state index in [1.165, 1.54) is 0 Å². The molecule has 0 saturated carbocycles. The van der Waals surface area contributed by atoms with Crippen LogP contribution in [0.5, 0.6) is 5.75 Å². The molecule has 1 fully saturated rings. The zero-order chi connectivity index (χ0) is 28.4. The van der Waals surface area contributed by atoms with Gasteiger partial charge in [-0.05, 0) is 63.8 Å². The number of carbonyl (C=O) groups excluding carboxylic acids is 2. The average Bonchev–Trinajstić information content (AvgIpc) is 3.52. The Balaban J connectivity index is 1.47. The van der Waals surface area contributed by atoms with Gasteiger partial charge < -0.3 is 30.0 Å². The van der Waals surface area contributed by atoms with Crippen molar-refractivity contribution in [3.05, 3.63) is 58.5 Å². The number of pyridine rings is 1. The molecule has 2 amide bonds. The molecule has 1 atom stereocenters. The topological polar surface area (TPSA) is 109 Å². The van der Waals surface area contributed by atoms with Gasteiger partial charge in [0.1, 0.15) is 18.0 Å². The maximum atomic E-state index is 13.1. The molecule has 0 aliphatic carbocycles. The van der Waals surface area contributed by atoms with E-state index in [-0.39, 0.29) is 18.0 Å². The van der Waals surface area contributed by atoms with E-state index in [0.717, 1.165) is 47.5 Å². The fourth-order valence-electron chi connectivity index (χ4n) is 5.33. The van der Waals surface area contributed by atoms with Crippen molar-refractivity contribution < 1.29 is 19.1 Å². The van der Waals surface area contributed by atoms with E-state index in [1.807, 2.05) is 52.0 Å². The molecule has 4 heterocycles. The number of aromatic nitrogens is 2. The number of amides is 2. The lowest BCUT2D eigenvalue weighted by atomic mass is 10.0. The van der Waals surface area contributed by atoms with Crippen molar-refractivity contribution in [1.29, 1.82) is 0 Å². The van der Waals surface area contributed by atoms with Crippen molar-refractivity contribution in [2.75, 3.05) is 25.0 Å². The summed E-state index contributed by atoms with van der Waals surface area (Å²) in [5.74, 6) is 0.421. The highest BCUT2D eigenvalue weighted by Gasteiger charge is 2.33. The number of benzene rings is 1. The summed E-state index contributed by atoms with van der Waals surface area (Å²) in [6.07, 6.45) is 6.17. The largest absolute Gasteiger partial charge is 0.489 e. The molecule has 3 N–H and O–H groups in total. The number of likely N-dealkylation sites (tertiary alicyclic amines) is 1. The minimum Gasteiger partial charge on any atom is -0.489 e. The van der Waals surface area contributed by atoms with E-state index in [1.54, 1.807) is 17.3 Å². The van der Waals surface area contributed by atoms with Crippen LogP contribution in [0.15, 0.2) is 36.7 Å². The summed E-state index contributed by atoms with van der Waals surface area (Å²) < 4.78 is 11.9. The van der Waals surface area contributed by atoms with Crippen molar-refractivity contribution in [3.8, 4) is 17.0 Å². The molecule has 40 heavy (non-hydrogen) atoms. The van der Waals surface area contributed by atoms with Gasteiger partial charge in [0.2, 0.25) is 0 Å². The van der Waals surface area contributed by atoms with Crippen molar-refractivity contribution in [3.63, 3.8) is 0 Å². The molecule has 9 nitrogen and oxygen atoms in total. The first kappa shape index (κ1) is 27.8. The summed E-state index contributed by atoms with van der Waals surface area (Å²) >= 11 is 6.50. The van der Waals surface area contributed by atoms with Crippen LogP contribution in [0, 0.1) is 0 Å². The van der Waals surface area contributed by atoms with Gasteiger partial charge in [-0.15, -0.1) is 0 Å². The first-order valence-corrected chi connectivity index (χ1v) is 14.2. The maximum Gasteiger partial charge on any atom is 0.410 e. The average molecular weight is 566 g/mol. The SMILES string of the molecule is CCc1c(Cl)cccc1Nc1c(-c2ccncc2OC[C@@H]2CCCN2C(=O)OC(C)(C)C)[nH]c2c1C(=O)NCC2. The number of H-pyrrole nitrogens is 1. The van der Waals surface area contributed by atoms with Crippen LogP contribution in [0.3, 0.4) is 0 Å². The lowest BCUT2D eigenvalue weighted by Gasteiger charge is -2.28. The minimum atomic E-state index is -0.565. The van der Waals surface area contributed by atoms with Crippen LogP contribution >= 0.6 is 11.6 Å². The van der Waals surface area contributed by atoms with Gasteiger partial charge >= 0.3 is 6.09 Å². The lowest BCUT2D eigenvalue weighted by Crippen LogP contribution is -2.42. The second kappa shape index (κ2) is 11.4. The molecule has 0 radical (unpaired) electrons. The number of hydrogen-bond acceptors (Lipinski definition) is 6. The van der Waals surface area contributed by atoms with E-state index < -0.39 is 5.60 Å². The van der Waals surface area contributed by atoms with E-state index >= 15 is 0 Å². The third kappa shape index (κ3) is 5.75. The minimum absolute atomic E-state index is 0.110. The standard InChI is InChI=1S/C30H36ClN5O4/c1-5-19-21(31)9-6-10-22(19)34-27-25-23(12-14-33-28(25)37)35-26(27)20-11-13-32-16-24(20)39-17-18-8-7-15-36(18)29(38)40-30(2,3)4/h6,9-11,13,16,18,34-35H,5,7-8,12,14-15,17H2,1-4H3,(H,33,37)/t18-/m0/s1. The number of aromatic amines is 1. The van der Waals surface area contributed by atoms with Gasteiger partial charge in [0.15, 0.2) is 0 Å². The Morgan fingerprint density at radius 3 is 2.88 bits per heavy atom. The smallest absolute Gasteiger partial charge is 0.410 e. The third-order valence-corrected chi connectivity index (χ3v) is 7.54. The van der Waals surface area contributed by atoms with Gasteiger partial charge in [0, 0.05) is 47.7 Å². The highest BCUT2D eigenvalue weighted by atomic mass is 35.5. The van der Waals surface area contributed by atoms with Gasteiger partial charge in [-0.25, -0.2) is 4.79 Å². The predicted octanol–water partition coefficient (Wildman–Crippen LogP) is 6.10. The van der Waals surface area contributed by atoms with Crippen molar-refractivity contribution in [2.45, 2.75) is 65.0 Å². The highest BCUT2D eigenvalue weighted by Crippen LogP contribution is 2.41. The Kier molecular flexibility index (Phi) is 7.94.